The Kier molecular flexibility index (Phi) is 6.71. The number of carbonyl (C=O) groups is 1. The van der Waals surface area contributed by atoms with E-state index in [0.29, 0.717) is 30.0 Å². The van der Waals surface area contributed by atoms with E-state index in [2.05, 4.69) is 18.8 Å². The lowest BCUT2D eigenvalue weighted by Crippen LogP contribution is -2.48. The molecule has 1 fully saturated rings. The number of aryl methyl sites for hydroxylation is 1. The number of nitrogens with zero attached hydrogens (tertiary/aromatic N) is 4. The lowest BCUT2D eigenvalue weighted by Gasteiger charge is -2.35. The van der Waals surface area contributed by atoms with Crippen molar-refractivity contribution in [2.75, 3.05) is 18.8 Å². The van der Waals surface area contributed by atoms with Crippen LogP contribution in [-0.4, -0.2) is 56.0 Å². The lowest BCUT2D eigenvalue weighted by molar-refractivity contribution is -0.140. The summed E-state index contributed by atoms with van der Waals surface area (Å²) in [7, 11) is 3.07. The Labute approximate surface area is 180 Å². The summed E-state index contributed by atoms with van der Waals surface area (Å²) < 4.78 is 8.20. The number of carbonyl (C=O) groups excluding carboxylic acids is 1. The van der Waals surface area contributed by atoms with E-state index in [0.717, 1.165) is 21.4 Å². The predicted molar refractivity (Wildman–Crippen MR) is 118 cm³/mol. The number of amides is 1. The van der Waals surface area contributed by atoms with Gasteiger partial charge in [-0.2, -0.15) is 0 Å². The Hall–Kier alpha value is -2.13. The van der Waals surface area contributed by atoms with Crippen molar-refractivity contribution >= 4 is 28.7 Å². The van der Waals surface area contributed by atoms with Crippen LogP contribution >= 0.6 is 11.8 Å². The first-order chi connectivity index (χ1) is 14.1. The van der Waals surface area contributed by atoms with Gasteiger partial charge in [0, 0.05) is 38.3 Å². The summed E-state index contributed by atoms with van der Waals surface area (Å²) in [5, 5.41) is 0.402. The van der Waals surface area contributed by atoms with Crippen molar-refractivity contribution in [3.8, 4) is 0 Å². The Morgan fingerprint density at radius 2 is 1.83 bits per heavy atom. The smallest absolute Gasteiger partial charge is 0.332 e. The van der Waals surface area contributed by atoms with E-state index in [9.17, 15) is 14.4 Å². The third kappa shape index (κ3) is 4.46. The van der Waals surface area contributed by atoms with Gasteiger partial charge in [-0.1, -0.05) is 13.8 Å². The number of aromatic nitrogens is 3. The molecule has 9 heteroatoms. The maximum absolute atomic E-state index is 13.0. The normalized spacial score (nSPS) is 19.6. The molecule has 1 aliphatic heterocycles. The molecule has 3 rings (SSSR count). The molecule has 1 saturated heterocycles. The molecular formula is C21H30N4O4S. The Bertz CT molecular complexity index is 1070. The number of morpholine rings is 1. The summed E-state index contributed by atoms with van der Waals surface area (Å²) in [6, 6.07) is 0. The van der Waals surface area contributed by atoms with Crippen molar-refractivity contribution < 1.29 is 9.53 Å². The predicted octanol–water partition coefficient (Wildman–Crippen LogP) is 1.56. The van der Waals surface area contributed by atoms with Crippen LogP contribution < -0.4 is 11.2 Å². The van der Waals surface area contributed by atoms with Crippen LogP contribution in [0.5, 0.6) is 0 Å². The number of ether oxygens (including phenoxy) is 1. The molecule has 30 heavy (non-hydrogen) atoms. The fraction of sp³-hybridized carbons (Fsp3) is 0.619. The molecule has 8 nitrogen and oxygen atoms in total. The van der Waals surface area contributed by atoms with Crippen molar-refractivity contribution in [1.29, 1.82) is 0 Å². The van der Waals surface area contributed by atoms with Crippen molar-refractivity contribution in [3.63, 3.8) is 0 Å². The summed E-state index contributed by atoms with van der Waals surface area (Å²) in [6.07, 6.45) is 2.47. The molecule has 0 N–H and O–H groups in total. The molecule has 2 aromatic rings. The summed E-state index contributed by atoms with van der Waals surface area (Å²) >= 11 is 1.36. The summed E-state index contributed by atoms with van der Waals surface area (Å²) in [4.78, 5) is 45.2. The second kappa shape index (κ2) is 8.93. The zero-order valence-electron chi connectivity index (χ0n) is 18.5. The Morgan fingerprint density at radius 3 is 2.43 bits per heavy atom. The Balaban J connectivity index is 2.01. The molecule has 0 aromatic carbocycles. The van der Waals surface area contributed by atoms with Gasteiger partial charge in [0.2, 0.25) is 5.91 Å². The van der Waals surface area contributed by atoms with E-state index >= 15 is 0 Å². The van der Waals surface area contributed by atoms with E-state index < -0.39 is 5.69 Å². The van der Waals surface area contributed by atoms with Gasteiger partial charge >= 0.3 is 5.69 Å². The van der Waals surface area contributed by atoms with Crippen LogP contribution in [0, 0.1) is 5.92 Å². The third-order valence-corrected chi connectivity index (χ3v) is 6.38. The lowest BCUT2D eigenvalue weighted by atomic mass is 10.0. The largest absolute Gasteiger partial charge is 0.372 e. The minimum absolute atomic E-state index is 0.00257. The number of rotatable bonds is 5. The van der Waals surface area contributed by atoms with E-state index in [4.69, 9.17) is 4.74 Å². The second-order valence-corrected chi connectivity index (χ2v) is 9.45. The minimum Gasteiger partial charge on any atom is -0.372 e. The SMILES string of the molecule is CC(C)Cc1cnc2c(c1SCC(=O)N1C[C@H](C)O[C@@H](C)C1)c(=O)n(C)c(=O)n2C. The molecule has 0 aliphatic carbocycles. The van der Waals surface area contributed by atoms with Gasteiger partial charge in [0.05, 0.1) is 23.3 Å². The first-order valence-corrected chi connectivity index (χ1v) is 11.2. The molecule has 2 atom stereocenters. The number of hydrogen-bond donors (Lipinski definition) is 0. The first-order valence-electron chi connectivity index (χ1n) is 10.2. The van der Waals surface area contributed by atoms with E-state index in [1.54, 1.807) is 13.2 Å². The van der Waals surface area contributed by atoms with Gasteiger partial charge in [-0.25, -0.2) is 9.78 Å². The number of pyridine rings is 1. The molecule has 2 aromatic heterocycles. The maximum Gasteiger partial charge on any atom is 0.332 e. The molecule has 0 bridgehead atoms. The van der Waals surface area contributed by atoms with Gasteiger partial charge in [0.15, 0.2) is 0 Å². The van der Waals surface area contributed by atoms with Crippen molar-refractivity contribution in [2.24, 2.45) is 20.0 Å². The quantitative estimate of drug-likeness (QED) is 0.664. The van der Waals surface area contributed by atoms with Crippen LogP contribution in [0.2, 0.25) is 0 Å². The number of hydrogen-bond acceptors (Lipinski definition) is 6. The molecule has 1 aliphatic rings. The summed E-state index contributed by atoms with van der Waals surface area (Å²) in [6.45, 7) is 9.25. The van der Waals surface area contributed by atoms with E-state index in [1.807, 2.05) is 18.7 Å². The van der Waals surface area contributed by atoms with Gasteiger partial charge in [-0.05, 0) is 31.7 Å². The molecule has 0 unspecified atom stereocenters. The van der Waals surface area contributed by atoms with Gasteiger partial charge in [0.25, 0.3) is 5.56 Å². The van der Waals surface area contributed by atoms with Gasteiger partial charge < -0.3 is 9.64 Å². The van der Waals surface area contributed by atoms with Gasteiger partial charge in [0.1, 0.15) is 5.65 Å². The zero-order chi connectivity index (χ0) is 22.2. The zero-order valence-corrected chi connectivity index (χ0v) is 19.3. The topological polar surface area (TPSA) is 86.4 Å². The fourth-order valence-corrected chi connectivity index (χ4v) is 4.99. The number of fused-ring (bicyclic) bond motifs is 1. The van der Waals surface area contributed by atoms with Gasteiger partial charge in [-0.15, -0.1) is 11.8 Å². The van der Waals surface area contributed by atoms with Crippen molar-refractivity contribution in [3.05, 3.63) is 32.6 Å². The van der Waals surface area contributed by atoms with Crippen molar-refractivity contribution in [2.45, 2.75) is 51.2 Å². The molecular weight excluding hydrogens is 404 g/mol. The van der Waals surface area contributed by atoms with Crippen LogP contribution in [0.3, 0.4) is 0 Å². The molecule has 1 amide bonds. The third-order valence-electron chi connectivity index (χ3n) is 5.24. The average Bonchev–Trinajstić information content (AvgIpc) is 2.67. The van der Waals surface area contributed by atoms with Crippen LogP contribution in [0.15, 0.2) is 20.7 Å². The highest BCUT2D eigenvalue weighted by Gasteiger charge is 2.26. The molecule has 0 saturated carbocycles. The average molecular weight is 435 g/mol. The van der Waals surface area contributed by atoms with E-state index in [-0.39, 0.29) is 29.4 Å². The Morgan fingerprint density at radius 1 is 1.20 bits per heavy atom. The standard InChI is InChI=1S/C21H30N4O4S/c1-12(2)7-15-8-22-19-17(20(27)24(6)21(28)23(19)5)18(15)30-11-16(26)25-9-13(3)29-14(4)10-25/h8,12-14H,7,9-11H2,1-6H3/t13-,14-/m0/s1. The molecule has 0 radical (unpaired) electrons. The summed E-state index contributed by atoms with van der Waals surface area (Å²) in [5.41, 5.74) is 0.476. The van der Waals surface area contributed by atoms with Gasteiger partial charge in [-0.3, -0.25) is 18.7 Å². The molecule has 0 spiro atoms. The highest BCUT2D eigenvalue weighted by atomic mass is 32.2. The highest BCUT2D eigenvalue weighted by molar-refractivity contribution is 8.00. The molecule has 164 valence electrons. The van der Waals surface area contributed by atoms with Crippen molar-refractivity contribution in [1.82, 2.24) is 19.0 Å². The second-order valence-electron chi connectivity index (χ2n) is 8.46. The van der Waals surface area contributed by atoms with Crippen LogP contribution in [0.1, 0.15) is 33.3 Å². The molecule has 3 heterocycles. The maximum atomic E-state index is 13.0. The minimum atomic E-state index is -0.417. The summed E-state index contributed by atoms with van der Waals surface area (Å²) in [5.74, 6) is 0.594. The van der Waals surface area contributed by atoms with Crippen LogP contribution in [0.4, 0.5) is 0 Å². The first kappa shape index (κ1) is 22.6. The van der Waals surface area contributed by atoms with Crippen LogP contribution in [-0.2, 0) is 30.0 Å². The van der Waals surface area contributed by atoms with Crippen LogP contribution in [0.25, 0.3) is 11.0 Å². The number of thioether (sulfide) groups is 1. The van der Waals surface area contributed by atoms with E-state index in [1.165, 1.54) is 23.4 Å². The fourth-order valence-electron chi connectivity index (χ4n) is 3.90. The monoisotopic (exact) mass is 434 g/mol. The highest BCUT2D eigenvalue weighted by Crippen LogP contribution is 2.30.